The van der Waals surface area contributed by atoms with Crippen LogP contribution >= 0.6 is 0 Å². The van der Waals surface area contributed by atoms with Gasteiger partial charge in [-0.3, -0.25) is 4.79 Å². The summed E-state index contributed by atoms with van der Waals surface area (Å²) in [4.78, 5) is 32.0. The van der Waals surface area contributed by atoms with Crippen molar-refractivity contribution in [1.82, 2.24) is 5.32 Å². The van der Waals surface area contributed by atoms with Gasteiger partial charge in [-0.1, -0.05) is 13.8 Å². The van der Waals surface area contributed by atoms with Crippen molar-refractivity contribution in [1.29, 1.82) is 0 Å². The highest BCUT2D eigenvalue weighted by Crippen LogP contribution is 2.03. The van der Waals surface area contributed by atoms with E-state index in [4.69, 9.17) is 5.11 Å². The molecule has 0 aromatic carbocycles. The van der Waals surface area contributed by atoms with Crippen molar-refractivity contribution in [3.63, 3.8) is 0 Å². The first-order valence-electron chi connectivity index (χ1n) is 4.94. The summed E-state index contributed by atoms with van der Waals surface area (Å²) in [5, 5.41) is 11.2. The average molecular weight is 215 g/mol. The number of hydrogen-bond donors (Lipinski definition) is 2. The Bertz CT molecular complexity index is 238. The van der Waals surface area contributed by atoms with Gasteiger partial charge in [0.25, 0.3) is 0 Å². The summed E-state index contributed by atoms with van der Waals surface area (Å²) in [6, 6.07) is -0.853. The van der Waals surface area contributed by atoms with E-state index in [-0.39, 0.29) is 18.2 Å². The fraction of sp³-hybridized carbons (Fsp3) is 0.700. The maximum absolute atomic E-state index is 11.2. The summed E-state index contributed by atoms with van der Waals surface area (Å²) in [6.45, 7) is 3.45. The fourth-order valence-electron chi connectivity index (χ4n) is 1.11. The van der Waals surface area contributed by atoms with E-state index < -0.39 is 12.0 Å². The van der Waals surface area contributed by atoms with E-state index in [1.807, 2.05) is 0 Å². The van der Waals surface area contributed by atoms with E-state index in [0.29, 0.717) is 12.8 Å². The predicted molar refractivity (Wildman–Crippen MR) is 54.3 cm³/mol. The van der Waals surface area contributed by atoms with E-state index in [1.165, 1.54) is 0 Å². The number of carboxylic acids is 1. The standard InChI is InChI=1S/C10H17NO4/c1-7(2)9(10(14)15)11-8(13)5-3-4-6-12/h6-7,9H,3-5H2,1-2H3,(H,11,13)(H,14,15). The third-order valence-corrected chi connectivity index (χ3v) is 1.98. The van der Waals surface area contributed by atoms with Gasteiger partial charge in [-0.15, -0.1) is 0 Å². The molecule has 0 fully saturated rings. The third-order valence-electron chi connectivity index (χ3n) is 1.98. The van der Waals surface area contributed by atoms with Gasteiger partial charge in [-0.05, 0) is 12.3 Å². The number of rotatable bonds is 7. The molecule has 0 spiro atoms. The Morgan fingerprint density at radius 3 is 2.40 bits per heavy atom. The van der Waals surface area contributed by atoms with Gasteiger partial charge in [0.15, 0.2) is 0 Å². The minimum Gasteiger partial charge on any atom is -0.480 e. The Hall–Kier alpha value is -1.39. The summed E-state index contributed by atoms with van der Waals surface area (Å²) in [5.74, 6) is -1.51. The number of carboxylic acid groups (broad SMARTS) is 1. The lowest BCUT2D eigenvalue weighted by Gasteiger charge is -2.17. The monoisotopic (exact) mass is 215 g/mol. The Kier molecular flexibility index (Phi) is 6.33. The van der Waals surface area contributed by atoms with Crippen molar-refractivity contribution in [3.05, 3.63) is 0 Å². The number of aldehydes is 1. The van der Waals surface area contributed by atoms with Gasteiger partial charge in [0.2, 0.25) is 5.91 Å². The van der Waals surface area contributed by atoms with Crippen LogP contribution in [0.5, 0.6) is 0 Å². The van der Waals surface area contributed by atoms with Gasteiger partial charge in [0.05, 0.1) is 0 Å². The molecule has 0 saturated carbocycles. The van der Waals surface area contributed by atoms with Crippen molar-refractivity contribution in [2.45, 2.75) is 39.2 Å². The number of carbonyl (C=O) groups is 3. The van der Waals surface area contributed by atoms with Crippen LogP contribution in [0.2, 0.25) is 0 Å². The van der Waals surface area contributed by atoms with E-state index in [9.17, 15) is 14.4 Å². The van der Waals surface area contributed by atoms with E-state index in [0.717, 1.165) is 6.29 Å². The molecule has 5 heteroatoms. The molecular weight excluding hydrogens is 198 g/mol. The first kappa shape index (κ1) is 13.6. The molecule has 0 bridgehead atoms. The maximum atomic E-state index is 11.2. The Labute approximate surface area is 88.9 Å². The van der Waals surface area contributed by atoms with Crippen LogP contribution in [0.1, 0.15) is 33.1 Å². The number of aliphatic carboxylic acids is 1. The second-order valence-electron chi connectivity index (χ2n) is 3.69. The zero-order chi connectivity index (χ0) is 11.8. The Morgan fingerprint density at radius 1 is 1.40 bits per heavy atom. The van der Waals surface area contributed by atoms with Gasteiger partial charge in [0.1, 0.15) is 12.3 Å². The molecule has 0 aromatic rings. The lowest BCUT2D eigenvalue weighted by molar-refractivity contribution is -0.143. The fourth-order valence-corrected chi connectivity index (χ4v) is 1.11. The molecule has 0 radical (unpaired) electrons. The Balaban J connectivity index is 4.00. The third kappa shape index (κ3) is 5.83. The van der Waals surface area contributed by atoms with Crippen LogP contribution < -0.4 is 5.32 Å². The molecule has 0 rings (SSSR count). The molecule has 0 aliphatic carbocycles. The largest absolute Gasteiger partial charge is 0.480 e. The molecule has 86 valence electrons. The molecule has 0 aromatic heterocycles. The van der Waals surface area contributed by atoms with Crippen LogP contribution in [-0.4, -0.2) is 29.3 Å². The van der Waals surface area contributed by atoms with E-state index >= 15 is 0 Å². The molecule has 1 amide bonds. The highest BCUT2D eigenvalue weighted by molar-refractivity contribution is 5.83. The lowest BCUT2D eigenvalue weighted by Crippen LogP contribution is -2.44. The highest BCUT2D eigenvalue weighted by atomic mass is 16.4. The SMILES string of the molecule is CC(C)C(NC(=O)CCCC=O)C(=O)O. The molecule has 0 heterocycles. The van der Waals surface area contributed by atoms with Crippen molar-refractivity contribution in [3.8, 4) is 0 Å². The van der Waals surface area contributed by atoms with Crippen LogP contribution in [0.15, 0.2) is 0 Å². The second-order valence-corrected chi connectivity index (χ2v) is 3.69. The van der Waals surface area contributed by atoms with Crippen LogP contribution in [0, 0.1) is 5.92 Å². The zero-order valence-electron chi connectivity index (χ0n) is 9.03. The van der Waals surface area contributed by atoms with Crippen LogP contribution in [0.3, 0.4) is 0 Å². The van der Waals surface area contributed by atoms with Gasteiger partial charge in [0, 0.05) is 12.8 Å². The van der Waals surface area contributed by atoms with Gasteiger partial charge >= 0.3 is 5.97 Å². The molecule has 0 aliphatic rings. The number of amides is 1. The van der Waals surface area contributed by atoms with Gasteiger partial charge in [-0.25, -0.2) is 4.79 Å². The summed E-state index contributed by atoms with van der Waals surface area (Å²) in [7, 11) is 0. The number of nitrogens with one attached hydrogen (secondary N) is 1. The topological polar surface area (TPSA) is 83.5 Å². The maximum Gasteiger partial charge on any atom is 0.326 e. The molecule has 0 saturated heterocycles. The smallest absolute Gasteiger partial charge is 0.326 e. The van der Waals surface area contributed by atoms with Crippen LogP contribution in [0.4, 0.5) is 0 Å². The van der Waals surface area contributed by atoms with Crippen molar-refractivity contribution >= 4 is 18.2 Å². The number of unbranched alkanes of at least 4 members (excludes halogenated alkanes) is 1. The summed E-state index contributed by atoms with van der Waals surface area (Å²) in [6.07, 6.45) is 1.71. The van der Waals surface area contributed by atoms with Crippen molar-refractivity contribution < 1.29 is 19.5 Å². The molecule has 15 heavy (non-hydrogen) atoms. The molecule has 2 N–H and O–H groups in total. The summed E-state index contributed by atoms with van der Waals surface area (Å²) >= 11 is 0. The molecule has 5 nitrogen and oxygen atoms in total. The quantitative estimate of drug-likeness (QED) is 0.480. The van der Waals surface area contributed by atoms with E-state index in [1.54, 1.807) is 13.8 Å². The Morgan fingerprint density at radius 2 is 2.00 bits per heavy atom. The normalized spacial score (nSPS) is 12.2. The first-order chi connectivity index (χ1) is 6.99. The average Bonchev–Trinajstić information content (AvgIpc) is 2.13. The van der Waals surface area contributed by atoms with Crippen molar-refractivity contribution in [2.75, 3.05) is 0 Å². The number of hydrogen-bond acceptors (Lipinski definition) is 3. The van der Waals surface area contributed by atoms with Gasteiger partial charge in [-0.2, -0.15) is 0 Å². The number of carbonyl (C=O) groups excluding carboxylic acids is 2. The van der Waals surface area contributed by atoms with Gasteiger partial charge < -0.3 is 15.2 Å². The minimum atomic E-state index is -1.03. The first-order valence-corrected chi connectivity index (χ1v) is 4.94. The zero-order valence-corrected chi connectivity index (χ0v) is 9.03. The van der Waals surface area contributed by atoms with E-state index in [2.05, 4.69) is 5.32 Å². The second kappa shape index (κ2) is 6.98. The lowest BCUT2D eigenvalue weighted by atomic mass is 10.0. The highest BCUT2D eigenvalue weighted by Gasteiger charge is 2.22. The van der Waals surface area contributed by atoms with Crippen LogP contribution in [-0.2, 0) is 14.4 Å². The predicted octanol–water partition coefficient (Wildman–Crippen LogP) is 0.581. The summed E-state index contributed by atoms with van der Waals surface area (Å²) in [5.41, 5.74) is 0. The molecule has 0 aliphatic heterocycles. The minimum absolute atomic E-state index is 0.155. The van der Waals surface area contributed by atoms with Crippen LogP contribution in [0.25, 0.3) is 0 Å². The molecule has 1 unspecified atom stereocenters. The summed E-state index contributed by atoms with van der Waals surface area (Å²) < 4.78 is 0. The molecule has 1 atom stereocenters. The van der Waals surface area contributed by atoms with Crippen molar-refractivity contribution in [2.24, 2.45) is 5.92 Å². The molecular formula is C10H17NO4.